The number of benzene rings is 2. The molecule has 3 aromatic rings. The van der Waals surface area contributed by atoms with Crippen molar-refractivity contribution in [3.05, 3.63) is 60.2 Å². The Kier molecular flexibility index (Phi) is 3.26. The SMILES string of the molecule is Cc1ccccc1-c1cc2ccccc2n1CCC#N. The van der Waals surface area contributed by atoms with E-state index in [0.29, 0.717) is 6.42 Å². The van der Waals surface area contributed by atoms with Crippen LogP contribution in [0.3, 0.4) is 0 Å². The van der Waals surface area contributed by atoms with E-state index >= 15 is 0 Å². The molecule has 1 heterocycles. The molecule has 0 aliphatic rings. The van der Waals surface area contributed by atoms with E-state index in [1.54, 1.807) is 0 Å². The average Bonchev–Trinajstić information content (AvgIpc) is 2.84. The first-order valence-electron chi connectivity index (χ1n) is 6.82. The molecule has 2 aromatic carbocycles. The summed E-state index contributed by atoms with van der Waals surface area (Å²) >= 11 is 0. The van der Waals surface area contributed by atoms with Gasteiger partial charge >= 0.3 is 0 Å². The second-order valence-electron chi connectivity index (χ2n) is 4.96. The molecule has 0 saturated heterocycles. The number of hydrogen-bond acceptors (Lipinski definition) is 1. The third-order valence-electron chi connectivity index (χ3n) is 3.68. The molecule has 0 N–H and O–H groups in total. The van der Waals surface area contributed by atoms with Crippen LogP contribution in [0.25, 0.3) is 22.2 Å². The zero-order valence-electron chi connectivity index (χ0n) is 11.5. The molecular formula is C18H16N2. The molecule has 2 nitrogen and oxygen atoms in total. The van der Waals surface area contributed by atoms with Crippen molar-refractivity contribution in [2.24, 2.45) is 0 Å². The van der Waals surface area contributed by atoms with Crippen molar-refractivity contribution in [1.29, 1.82) is 5.26 Å². The van der Waals surface area contributed by atoms with Gasteiger partial charge < -0.3 is 4.57 Å². The first-order chi connectivity index (χ1) is 9.81. The van der Waals surface area contributed by atoms with Crippen molar-refractivity contribution in [1.82, 2.24) is 4.57 Å². The fourth-order valence-corrected chi connectivity index (χ4v) is 2.70. The van der Waals surface area contributed by atoms with Crippen LogP contribution in [0.4, 0.5) is 0 Å². The largest absolute Gasteiger partial charge is 0.339 e. The zero-order chi connectivity index (χ0) is 13.9. The summed E-state index contributed by atoms with van der Waals surface area (Å²) < 4.78 is 2.25. The quantitative estimate of drug-likeness (QED) is 0.680. The molecule has 0 fully saturated rings. The predicted molar refractivity (Wildman–Crippen MR) is 82.3 cm³/mol. The van der Waals surface area contributed by atoms with E-state index in [9.17, 15) is 0 Å². The summed E-state index contributed by atoms with van der Waals surface area (Å²) in [4.78, 5) is 0. The van der Waals surface area contributed by atoms with E-state index < -0.39 is 0 Å². The van der Waals surface area contributed by atoms with Crippen molar-refractivity contribution in [2.75, 3.05) is 0 Å². The monoisotopic (exact) mass is 260 g/mol. The maximum absolute atomic E-state index is 8.89. The van der Waals surface area contributed by atoms with Gasteiger partial charge in [-0.3, -0.25) is 0 Å². The van der Waals surface area contributed by atoms with Crippen LogP contribution >= 0.6 is 0 Å². The van der Waals surface area contributed by atoms with E-state index in [4.69, 9.17) is 5.26 Å². The van der Waals surface area contributed by atoms with Crippen LogP contribution in [-0.2, 0) is 6.54 Å². The normalized spacial score (nSPS) is 10.6. The molecule has 1 aromatic heterocycles. The fraction of sp³-hybridized carbons (Fsp3) is 0.167. The van der Waals surface area contributed by atoms with Crippen molar-refractivity contribution < 1.29 is 0 Å². The van der Waals surface area contributed by atoms with Gasteiger partial charge in [0.15, 0.2) is 0 Å². The number of aryl methyl sites for hydroxylation is 2. The van der Waals surface area contributed by atoms with Crippen LogP contribution in [-0.4, -0.2) is 4.57 Å². The van der Waals surface area contributed by atoms with Crippen LogP contribution < -0.4 is 0 Å². The third kappa shape index (κ3) is 2.08. The summed E-state index contributed by atoms with van der Waals surface area (Å²) in [5, 5.41) is 10.1. The van der Waals surface area contributed by atoms with Gasteiger partial charge in [-0.05, 0) is 24.6 Å². The molecule has 0 spiro atoms. The Bertz CT molecular complexity index is 791. The Hall–Kier alpha value is -2.53. The highest BCUT2D eigenvalue weighted by atomic mass is 15.0. The number of para-hydroxylation sites is 1. The summed E-state index contributed by atoms with van der Waals surface area (Å²) in [5.41, 5.74) is 4.88. The van der Waals surface area contributed by atoms with E-state index in [1.165, 1.54) is 27.7 Å². The Morgan fingerprint density at radius 2 is 1.80 bits per heavy atom. The van der Waals surface area contributed by atoms with E-state index in [-0.39, 0.29) is 0 Å². The van der Waals surface area contributed by atoms with E-state index in [1.807, 2.05) is 6.07 Å². The summed E-state index contributed by atoms with van der Waals surface area (Å²) in [6.45, 7) is 2.86. The maximum Gasteiger partial charge on any atom is 0.0640 e. The predicted octanol–water partition coefficient (Wildman–Crippen LogP) is 4.53. The zero-order valence-corrected chi connectivity index (χ0v) is 11.5. The van der Waals surface area contributed by atoms with Gasteiger partial charge in [0.05, 0.1) is 12.5 Å². The average molecular weight is 260 g/mol. The molecule has 0 unspecified atom stereocenters. The lowest BCUT2D eigenvalue weighted by molar-refractivity contribution is 0.751. The Morgan fingerprint density at radius 3 is 2.60 bits per heavy atom. The van der Waals surface area contributed by atoms with E-state index in [2.05, 4.69) is 66.1 Å². The fourth-order valence-electron chi connectivity index (χ4n) is 2.70. The Labute approximate surface area is 118 Å². The number of aromatic nitrogens is 1. The number of nitriles is 1. The number of hydrogen-bond donors (Lipinski definition) is 0. The smallest absolute Gasteiger partial charge is 0.0640 e. The molecule has 20 heavy (non-hydrogen) atoms. The number of fused-ring (bicyclic) bond motifs is 1. The summed E-state index contributed by atoms with van der Waals surface area (Å²) in [5.74, 6) is 0. The summed E-state index contributed by atoms with van der Waals surface area (Å²) in [6, 6.07) is 21.2. The molecule has 98 valence electrons. The lowest BCUT2D eigenvalue weighted by Gasteiger charge is -2.11. The lowest BCUT2D eigenvalue weighted by atomic mass is 10.1. The van der Waals surface area contributed by atoms with Gasteiger partial charge in [-0.15, -0.1) is 0 Å². The summed E-state index contributed by atoms with van der Waals surface area (Å²) in [6.07, 6.45) is 0.525. The molecule has 0 radical (unpaired) electrons. The van der Waals surface area contributed by atoms with Crippen LogP contribution in [0.15, 0.2) is 54.6 Å². The standard InChI is InChI=1S/C18H16N2/c1-14-7-2-4-9-16(14)18-13-15-8-3-5-10-17(15)20(18)12-6-11-19/h2-5,7-10,13H,6,12H2,1H3. The molecule has 2 heteroatoms. The molecule has 3 rings (SSSR count). The first-order valence-corrected chi connectivity index (χ1v) is 6.82. The second-order valence-corrected chi connectivity index (χ2v) is 4.96. The van der Waals surface area contributed by atoms with Crippen molar-refractivity contribution >= 4 is 10.9 Å². The highest BCUT2D eigenvalue weighted by molar-refractivity contribution is 5.87. The van der Waals surface area contributed by atoms with Gasteiger partial charge in [0, 0.05) is 28.7 Å². The Morgan fingerprint density at radius 1 is 1.05 bits per heavy atom. The van der Waals surface area contributed by atoms with Gasteiger partial charge in [0.2, 0.25) is 0 Å². The number of rotatable bonds is 3. The van der Waals surface area contributed by atoms with Crippen molar-refractivity contribution in [2.45, 2.75) is 19.9 Å². The van der Waals surface area contributed by atoms with Crippen molar-refractivity contribution in [3.8, 4) is 17.3 Å². The maximum atomic E-state index is 8.89. The molecule has 0 saturated carbocycles. The molecular weight excluding hydrogens is 244 g/mol. The minimum Gasteiger partial charge on any atom is -0.339 e. The minimum absolute atomic E-state index is 0.525. The molecule has 0 aliphatic carbocycles. The highest BCUT2D eigenvalue weighted by Gasteiger charge is 2.11. The van der Waals surface area contributed by atoms with Crippen LogP contribution in [0, 0.1) is 18.3 Å². The molecule has 0 amide bonds. The van der Waals surface area contributed by atoms with E-state index in [0.717, 1.165) is 6.54 Å². The van der Waals surface area contributed by atoms with Gasteiger partial charge in [-0.1, -0.05) is 42.5 Å². The lowest BCUT2D eigenvalue weighted by Crippen LogP contribution is -2.00. The van der Waals surface area contributed by atoms with Gasteiger partial charge in [0.1, 0.15) is 0 Å². The van der Waals surface area contributed by atoms with Crippen LogP contribution in [0.5, 0.6) is 0 Å². The molecule has 0 bridgehead atoms. The third-order valence-corrected chi connectivity index (χ3v) is 3.68. The van der Waals surface area contributed by atoms with Gasteiger partial charge in [-0.2, -0.15) is 5.26 Å². The van der Waals surface area contributed by atoms with Gasteiger partial charge in [0.25, 0.3) is 0 Å². The highest BCUT2D eigenvalue weighted by Crippen LogP contribution is 2.30. The van der Waals surface area contributed by atoms with Crippen LogP contribution in [0.1, 0.15) is 12.0 Å². The first kappa shape index (κ1) is 12.5. The van der Waals surface area contributed by atoms with Crippen LogP contribution in [0.2, 0.25) is 0 Å². The summed E-state index contributed by atoms with van der Waals surface area (Å²) in [7, 11) is 0. The molecule has 0 aliphatic heterocycles. The Balaban J connectivity index is 2.24. The van der Waals surface area contributed by atoms with Crippen molar-refractivity contribution in [3.63, 3.8) is 0 Å². The van der Waals surface area contributed by atoms with Gasteiger partial charge in [-0.25, -0.2) is 0 Å². The topological polar surface area (TPSA) is 28.7 Å². The number of nitrogens with zero attached hydrogens (tertiary/aromatic N) is 2. The minimum atomic E-state index is 0.525. The molecule has 0 atom stereocenters. The second kappa shape index (κ2) is 5.22.